The lowest BCUT2D eigenvalue weighted by Crippen LogP contribution is -2.47. The van der Waals surface area contributed by atoms with Crippen molar-refractivity contribution in [3.8, 4) is 5.75 Å². The Morgan fingerprint density at radius 3 is 2.41 bits per heavy atom. The van der Waals surface area contributed by atoms with Crippen molar-refractivity contribution >= 4 is 17.3 Å². The highest BCUT2D eigenvalue weighted by Gasteiger charge is 2.20. The Bertz CT molecular complexity index is 936. The van der Waals surface area contributed by atoms with Crippen LogP contribution in [-0.2, 0) is 6.54 Å². The minimum Gasteiger partial charge on any atom is -0.495 e. The number of ether oxygens (including phenoxy) is 1. The first-order valence-electron chi connectivity index (χ1n) is 9.97. The molecule has 0 bridgehead atoms. The molecule has 1 saturated heterocycles. The molecule has 150 valence electrons. The van der Waals surface area contributed by atoms with Crippen molar-refractivity contribution in [1.29, 1.82) is 0 Å². The van der Waals surface area contributed by atoms with Crippen LogP contribution < -0.4 is 19.9 Å². The third-order valence-electron chi connectivity index (χ3n) is 5.28. The number of hydrogen-bond donors (Lipinski definition) is 1. The molecule has 0 unspecified atom stereocenters. The lowest BCUT2D eigenvalue weighted by Gasteiger charge is -2.37. The van der Waals surface area contributed by atoms with Crippen molar-refractivity contribution < 1.29 is 4.74 Å². The number of aryl methyl sites for hydroxylation is 1. The third kappa shape index (κ3) is 4.59. The predicted octanol–water partition coefficient (Wildman–Crippen LogP) is 3.73. The van der Waals surface area contributed by atoms with E-state index >= 15 is 0 Å². The van der Waals surface area contributed by atoms with E-state index in [1.165, 1.54) is 11.1 Å². The van der Waals surface area contributed by atoms with Crippen molar-refractivity contribution in [2.24, 2.45) is 0 Å². The van der Waals surface area contributed by atoms with Crippen LogP contribution in [0.4, 0.5) is 17.3 Å². The highest BCUT2D eigenvalue weighted by Crippen LogP contribution is 2.29. The minimum atomic E-state index is 0.748. The Kier molecular flexibility index (Phi) is 5.79. The molecule has 0 aliphatic carbocycles. The highest BCUT2D eigenvalue weighted by atomic mass is 16.5. The van der Waals surface area contributed by atoms with Gasteiger partial charge in [0.1, 0.15) is 23.7 Å². The molecule has 0 saturated carbocycles. The minimum absolute atomic E-state index is 0.748. The molecule has 1 N–H and O–H groups in total. The Hall–Kier alpha value is -3.28. The second kappa shape index (κ2) is 8.82. The molecule has 6 nitrogen and oxygen atoms in total. The van der Waals surface area contributed by atoms with Gasteiger partial charge in [0.05, 0.1) is 12.8 Å². The third-order valence-corrected chi connectivity index (χ3v) is 5.28. The first kappa shape index (κ1) is 19.1. The fraction of sp³-hybridized carbons (Fsp3) is 0.304. The summed E-state index contributed by atoms with van der Waals surface area (Å²) in [6.07, 6.45) is 1.64. The molecule has 2 heterocycles. The van der Waals surface area contributed by atoms with E-state index < -0.39 is 0 Å². The smallest absolute Gasteiger partial charge is 0.142 e. The van der Waals surface area contributed by atoms with E-state index in [1.54, 1.807) is 13.4 Å². The van der Waals surface area contributed by atoms with Crippen LogP contribution in [0, 0.1) is 6.92 Å². The molecular weight excluding hydrogens is 362 g/mol. The van der Waals surface area contributed by atoms with Gasteiger partial charge in [-0.3, -0.25) is 0 Å². The first-order valence-corrected chi connectivity index (χ1v) is 9.97. The zero-order valence-electron chi connectivity index (χ0n) is 17.0. The number of nitrogens with one attached hydrogen (secondary N) is 1. The summed E-state index contributed by atoms with van der Waals surface area (Å²) in [4.78, 5) is 13.5. The standard InChI is InChI=1S/C23H27N5O/c1-18-7-9-19(10-8-18)16-24-22-15-23(26-17-25-22)28-13-11-27(12-14-28)20-5-3-4-6-21(20)29-2/h3-10,15,17H,11-14,16H2,1-2H3,(H,24,25,26). The van der Waals surface area contributed by atoms with E-state index in [1.807, 2.05) is 18.2 Å². The average Bonchev–Trinajstić information content (AvgIpc) is 2.79. The maximum Gasteiger partial charge on any atom is 0.142 e. The van der Waals surface area contributed by atoms with Crippen molar-refractivity contribution in [2.75, 3.05) is 48.4 Å². The Labute approximate surface area is 172 Å². The molecule has 2 aromatic carbocycles. The van der Waals surface area contributed by atoms with E-state index in [-0.39, 0.29) is 0 Å². The number of hydrogen-bond acceptors (Lipinski definition) is 6. The maximum absolute atomic E-state index is 5.51. The topological polar surface area (TPSA) is 53.5 Å². The lowest BCUT2D eigenvalue weighted by atomic mass is 10.1. The zero-order chi connectivity index (χ0) is 20.1. The Morgan fingerprint density at radius 1 is 0.931 bits per heavy atom. The molecule has 1 aliphatic rings. The van der Waals surface area contributed by atoms with Crippen molar-refractivity contribution in [1.82, 2.24) is 9.97 Å². The van der Waals surface area contributed by atoms with Gasteiger partial charge in [-0.2, -0.15) is 0 Å². The highest BCUT2D eigenvalue weighted by molar-refractivity contribution is 5.60. The number of benzene rings is 2. The van der Waals surface area contributed by atoms with Crippen LogP contribution in [0.5, 0.6) is 5.75 Å². The van der Waals surface area contributed by atoms with E-state index in [0.29, 0.717) is 0 Å². The van der Waals surface area contributed by atoms with Gasteiger partial charge in [0, 0.05) is 38.8 Å². The quantitative estimate of drug-likeness (QED) is 0.693. The van der Waals surface area contributed by atoms with Crippen molar-refractivity contribution in [2.45, 2.75) is 13.5 Å². The molecule has 1 aliphatic heterocycles. The summed E-state index contributed by atoms with van der Waals surface area (Å²) in [6, 6.07) is 18.8. The summed E-state index contributed by atoms with van der Waals surface area (Å²) in [7, 11) is 1.72. The normalized spacial score (nSPS) is 14.0. The van der Waals surface area contributed by atoms with Crippen molar-refractivity contribution in [3.05, 3.63) is 72.1 Å². The van der Waals surface area contributed by atoms with Gasteiger partial charge in [-0.15, -0.1) is 0 Å². The fourth-order valence-corrected chi connectivity index (χ4v) is 3.58. The van der Waals surface area contributed by atoms with Gasteiger partial charge < -0.3 is 19.9 Å². The summed E-state index contributed by atoms with van der Waals surface area (Å²) < 4.78 is 5.51. The Balaban J connectivity index is 1.37. The number of aromatic nitrogens is 2. The molecule has 0 atom stereocenters. The Morgan fingerprint density at radius 2 is 1.66 bits per heavy atom. The van der Waals surface area contributed by atoms with E-state index in [9.17, 15) is 0 Å². The zero-order valence-corrected chi connectivity index (χ0v) is 17.0. The number of para-hydroxylation sites is 2. The maximum atomic E-state index is 5.51. The largest absolute Gasteiger partial charge is 0.495 e. The molecule has 1 fully saturated rings. The second-order valence-electron chi connectivity index (χ2n) is 7.25. The van der Waals surface area contributed by atoms with Gasteiger partial charge in [0.25, 0.3) is 0 Å². The summed E-state index contributed by atoms with van der Waals surface area (Å²) in [5.74, 6) is 2.74. The van der Waals surface area contributed by atoms with E-state index in [4.69, 9.17) is 4.74 Å². The summed E-state index contributed by atoms with van der Waals surface area (Å²) in [5, 5.41) is 3.40. The van der Waals surface area contributed by atoms with Gasteiger partial charge >= 0.3 is 0 Å². The van der Waals surface area contributed by atoms with E-state index in [2.05, 4.69) is 68.4 Å². The summed E-state index contributed by atoms with van der Waals surface area (Å²) in [5.41, 5.74) is 3.66. The van der Waals surface area contributed by atoms with Crippen molar-refractivity contribution in [3.63, 3.8) is 0 Å². The van der Waals surface area contributed by atoms with Crippen LogP contribution in [0.15, 0.2) is 60.9 Å². The van der Waals surface area contributed by atoms with Gasteiger partial charge in [-0.25, -0.2) is 9.97 Å². The molecule has 6 heteroatoms. The number of methoxy groups -OCH3 is 1. The SMILES string of the molecule is COc1ccccc1N1CCN(c2cc(NCc3ccc(C)cc3)ncn2)CC1. The van der Waals surface area contributed by atoms with Gasteiger partial charge in [0.2, 0.25) is 0 Å². The molecule has 3 aromatic rings. The van der Waals surface area contributed by atoms with Gasteiger partial charge in [-0.05, 0) is 24.6 Å². The monoisotopic (exact) mass is 389 g/mol. The summed E-state index contributed by atoms with van der Waals surface area (Å²) >= 11 is 0. The van der Waals surface area contributed by atoms with Crippen LogP contribution in [0.3, 0.4) is 0 Å². The molecule has 0 radical (unpaired) electrons. The van der Waals surface area contributed by atoms with Gasteiger partial charge in [0.15, 0.2) is 0 Å². The van der Waals surface area contributed by atoms with Crippen LogP contribution in [-0.4, -0.2) is 43.3 Å². The number of anilines is 3. The van der Waals surface area contributed by atoms with Crippen LogP contribution in [0.1, 0.15) is 11.1 Å². The fourth-order valence-electron chi connectivity index (χ4n) is 3.58. The van der Waals surface area contributed by atoms with Gasteiger partial charge in [-0.1, -0.05) is 42.0 Å². The summed E-state index contributed by atoms with van der Waals surface area (Å²) in [6.45, 7) is 6.52. The van der Waals surface area contributed by atoms with Crippen LogP contribution in [0.25, 0.3) is 0 Å². The molecular formula is C23H27N5O. The molecule has 4 rings (SSSR count). The molecule has 29 heavy (non-hydrogen) atoms. The average molecular weight is 390 g/mol. The van der Waals surface area contributed by atoms with Crippen LogP contribution >= 0.6 is 0 Å². The number of rotatable bonds is 6. The lowest BCUT2D eigenvalue weighted by molar-refractivity contribution is 0.413. The number of piperazine rings is 1. The number of nitrogens with zero attached hydrogens (tertiary/aromatic N) is 4. The molecule has 0 spiro atoms. The van der Waals surface area contributed by atoms with Crippen LogP contribution in [0.2, 0.25) is 0 Å². The van der Waals surface area contributed by atoms with E-state index in [0.717, 1.165) is 55.8 Å². The molecule has 1 aromatic heterocycles. The first-order chi connectivity index (χ1) is 14.2. The predicted molar refractivity (Wildman–Crippen MR) is 118 cm³/mol. The molecule has 0 amide bonds. The second-order valence-corrected chi connectivity index (χ2v) is 7.25.